The van der Waals surface area contributed by atoms with Crippen LogP contribution in [0.4, 0.5) is 0 Å². The third-order valence-corrected chi connectivity index (χ3v) is 4.01. The molecule has 0 amide bonds. The summed E-state index contributed by atoms with van der Waals surface area (Å²) in [7, 11) is -3.79. The van der Waals surface area contributed by atoms with Crippen molar-refractivity contribution in [2.24, 2.45) is 5.14 Å². The Morgan fingerprint density at radius 2 is 1.65 bits per heavy atom. The quantitative estimate of drug-likeness (QED) is 0.882. The third-order valence-electron chi connectivity index (χ3n) is 3.04. The fourth-order valence-electron chi connectivity index (χ4n) is 2.00. The molecule has 20 heavy (non-hydrogen) atoms. The number of Topliss-reactive ketones (excluding diaryl/α,β-unsaturated/α-hetero) is 1. The summed E-state index contributed by atoms with van der Waals surface area (Å²) in [5.41, 5.74) is 2.77. The molecule has 0 saturated carbocycles. The summed E-state index contributed by atoms with van der Waals surface area (Å²) >= 11 is 0. The largest absolute Gasteiger partial charge is 0.295 e. The van der Waals surface area contributed by atoms with E-state index >= 15 is 0 Å². The van der Waals surface area contributed by atoms with Gasteiger partial charge in [0.15, 0.2) is 5.78 Å². The monoisotopic (exact) mass is 289 g/mol. The summed E-state index contributed by atoms with van der Waals surface area (Å²) in [6.45, 7) is 3.36. The van der Waals surface area contributed by atoms with Crippen LogP contribution in [0, 0.1) is 6.92 Å². The van der Waals surface area contributed by atoms with Gasteiger partial charge in [0.2, 0.25) is 10.0 Å². The molecule has 2 N–H and O–H groups in total. The maximum Gasteiger partial charge on any atom is 0.238 e. The summed E-state index contributed by atoms with van der Waals surface area (Å²) in [4.78, 5) is 11.3. The van der Waals surface area contributed by atoms with Crippen molar-refractivity contribution in [1.82, 2.24) is 0 Å². The first-order valence-electron chi connectivity index (χ1n) is 6.04. The lowest BCUT2D eigenvalue weighted by molar-refractivity contribution is 0.101. The summed E-state index contributed by atoms with van der Waals surface area (Å²) in [6.07, 6.45) is 0. The minimum absolute atomic E-state index is 0.0348. The zero-order valence-corrected chi connectivity index (χ0v) is 12.1. The number of nitrogens with two attached hydrogens (primary N) is 1. The van der Waals surface area contributed by atoms with E-state index in [9.17, 15) is 13.2 Å². The van der Waals surface area contributed by atoms with E-state index in [4.69, 9.17) is 5.14 Å². The molecule has 104 valence electrons. The average Bonchev–Trinajstić information content (AvgIpc) is 2.37. The van der Waals surface area contributed by atoms with Crippen LogP contribution >= 0.6 is 0 Å². The number of primary sulfonamides is 1. The van der Waals surface area contributed by atoms with Crippen molar-refractivity contribution in [1.29, 1.82) is 0 Å². The Morgan fingerprint density at radius 3 is 2.15 bits per heavy atom. The van der Waals surface area contributed by atoms with Crippen molar-refractivity contribution in [3.8, 4) is 11.1 Å². The standard InChI is InChI=1S/C15H15NO3S/c1-10-3-8-15(20(16,18)19)14(9-10)13-6-4-12(5-7-13)11(2)17/h3-9H,1-2H3,(H2,16,18,19). The Bertz CT molecular complexity index is 762. The fourth-order valence-corrected chi connectivity index (χ4v) is 2.74. The Kier molecular flexibility index (Phi) is 3.74. The molecular formula is C15H15NO3S. The second-order valence-corrected chi connectivity index (χ2v) is 6.21. The molecular weight excluding hydrogens is 274 g/mol. The van der Waals surface area contributed by atoms with Gasteiger partial charge in [-0.25, -0.2) is 13.6 Å². The van der Waals surface area contributed by atoms with Crippen LogP contribution in [0.5, 0.6) is 0 Å². The Labute approximate surface area is 118 Å². The van der Waals surface area contributed by atoms with Gasteiger partial charge in [-0.3, -0.25) is 4.79 Å². The molecule has 0 heterocycles. The molecule has 2 aromatic carbocycles. The van der Waals surface area contributed by atoms with Gasteiger partial charge >= 0.3 is 0 Å². The lowest BCUT2D eigenvalue weighted by atomic mass is 10.0. The normalized spacial score (nSPS) is 11.3. The molecule has 0 fully saturated rings. The number of benzene rings is 2. The van der Waals surface area contributed by atoms with Crippen molar-refractivity contribution in [3.05, 3.63) is 53.6 Å². The van der Waals surface area contributed by atoms with E-state index in [-0.39, 0.29) is 10.7 Å². The summed E-state index contributed by atoms with van der Waals surface area (Å²) in [5, 5.41) is 5.24. The second kappa shape index (κ2) is 5.19. The maximum atomic E-state index is 11.6. The highest BCUT2D eigenvalue weighted by Crippen LogP contribution is 2.28. The van der Waals surface area contributed by atoms with E-state index in [0.717, 1.165) is 5.56 Å². The second-order valence-electron chi connectivity index (χ2n) is 4.68. The molecule has 4 nitrogen and oxygen atoms in total. The number of carbonyl (C=O) groups is 1. The first-order valence-corrected chi connectivity index (χ1v) is 7.58. The van der Waals surface area contributed by atoms with Crippen LogP contribution in [0.3, 0.4) is 0 Å². The molecule has 0 aliphatic heterocycles. The molecule has 2 rings (SSSR count). The molecule has 0 spiro atoms. The Balaban J connectivity index is 2.62. The van der Waals surface area contributed by atoms with Crippen LogP contribution in [-0.2, 0) is 10.0 Å². The van der Waals surface area contributed by atoms with Crippen LogP contribution in [0.2, 0.25) is 0 Å². The molecule has 0 aromatic heterocycles. The van der Waals surface area contributed by atoms with E-state index < -0.39 is 10.0 Å². The number of sulfonamides is 1. The number of ketones is 1. The van der Waals surface area contributed by atoms with Gasteiger partial charge in [0.25, 0.3) is 0 Å². The number of carbonyl (C=O) groups excluding carboxylic acids is 1. The zero-order chi connectivity index (χ0) is 14.9. The molecule has 2 aromatic rings. The van der Waals surface area contributed by atoms with Crippen molar-refractivity contribution in [3.63, 3.8) is 0 Å². The Hall–Kier alpha value is -1.98. The first-order chi connectivity index (χ1) is 9.29. The first kappa shape index (κ1) is 14.4. The van der Waals surface area contributed by atoms with Gasteiger partial charge in [0.05, 0.1) is 4.90 Å². The van der Waals surface area contributed by atoms with Gasteiger partial charge in [0.1, 0.15) is 0 Å². The van der Waals surface area contributed by atoms with Crippen LogP contribution in [-0.4, -0.2) is 14.2 Å². The predicted octanol–water partition coefficient (Wildman–Crippen LogP) is 2.51. The van der Waals surface area contributed by atoms with Crippen molar-refractivity contribution in [2.45, 2.75) is 18.7 Å². The predicted molar refractivity (Wildman–Crippen MR) is 78.0 cm³/mol. The van der Waals surface area contributed by atoms with E-state index in [1.807, 2.05) is 6.92 Å². The molecule has 0 atom stereocenters. The molecule has 0 aliphatic rings. The number of rotatable bonds is 3. The molecule has 0 saturated heterocycles. The van der Waals surface area contributed by atoms with E-state index in [1.165, 1.54) is 13.0 Å². The van der Waals surface area contributed by atoms with Gasteiger partial charge < -0.3 is 0 Å². The molecule has 0 aliphatic carbocycles. The van der Waals surface area contributed by atoms with Gasteiger partial charge in [-0.2, -0.15) is 0 Å². The summed E-state index contributed by atoms with van der Waals surface area (Å²) in [6, 6.07) is 11.8. The van der Waals surface area contributed by atoms with E-state index in [1.54, 1.807) is 36.4 Å². The van der Waals surface area contributed by atoms with E-state index in [2.05, 4.69) is 0 Å². The highest BCUT2D eigenvalue weighted by atomic mass is 32.2. The lowest BCUT2D eigenvalue weighted by Crippen LogP contribution is -2.13. The summed E-state index contributed by atoms with van der Waals surface area (Å²) < 4.78 is 23.3. The van der Waals surface area contributed by atoms with Crippen LogP contribution in [0.1, 0.15) is 22.8 Å². The molecule has 0 radical (unpaired) electrons. The minimum atomic E-state index is -3.79. The molecule has 0 unspecified atom stereocenters. The van der Waals surface area contributed by atoms with Crippen molar-refractivity contribution in [2.75, 3.05) is 0 Å². The lowest BCUT2D eigenvalue weighted by Gasteiger charge is -2.09. The molecule has 0 bridgehead atoms. The maximum absolute atomic E-state index is 11.6. The topological polar surface area (TPSA) is 77.2 Å². The fraction of sp³-hybridized carbons (Fsp3) is 0.133. The molecule has 5 heteroatoms. The van der Waals surface area contributed by atoms with Crippen LogP contribution in [0.25, 0.3) is 11.1 Å². The van der Waals surface area contributed by atoms with Gasteiger partial charge in [-0.1, -0.05) is 42.0 Å². The highest BCUT2D eigenvalue weighted by molar-refractivity contribution is 7.89. The van der Waals surface area contributed by atoms with Gasteiger partial charge in [-0.15, -0.1) is 0 Å². The SMILES string of the molecule is CC(=O)c1ccc(-c2cc(C)ccc2S(N)(=O)=O)cc1. The van der Waals surface area contributed by atoms with Crippen LogP contribution < -0.4 is 5.14 Å². The average molecular weight is 289 g/mol. The highest BCUT2D eigenvalue weighted by Gasteiger charge is 2.15. The Morgan fingerprint density at radius 1 is 1.05 bits per heavy atom. The zero-order valence-electron chi connectivity index (χ0n) is 11.3. The van der Waals surface area contributed by atoms with Crippen molar-refractivity contribution >= 4 is 15.8 Å². The van der Waals surface area contributed by atoms with E-state index in [0.29, 0.717) is 16.7 Å². The third kappa shape index (κ3) is 2.95. The summed E-state index contributed by atoms with van der Waals surface area (Å²) in [5.74, 6) is -0.0348. The number of hydrogen-bond donors (Lipinski definition) is 1. The van der Waals surface area contributed by atoms with Crippen LogP contribution in [0.15, 0.2) is 47.4 Å². The minimum Gasteiger partial charge on any atom is -0.295 e. The van der Waals surface area contributed by atoms with Crippen molar-refractivity contribution < 1.29 is 13.2 Å². The van der Waals surface area contributed by atoms with Gasteiger partial charge in [0, 0.05) is 11.1 Å². The number of hydrogen-bond acceptors (Lipinski definition) is 3. The van der Waals surface area contributed by atoms with Gasteiger partial charge in [-0.05, 0) is 25.5 Å². The smallest absolute Gasteiger partial charge is 0.238 e. The number of aryl methyl sites for hydroxylation is 1.